The van der Waals surface area contributed by atoms with E-state index < -0.39 is 9.84 Å². The summed E-state index contributed by atoms with van der Waals surface area (Å²) in [4.78, 5) is 8.89. The first-order chi connectivity index (χ1) is 13.8. The van der Waals surface area contributed by atoms with E-state index in [4.69, 9.17) is 4.42 Å². The maximum atomic E-state index is 13.4. The van der Waals surface area contributed by atoms with E-state index in [-0.39, 0.29) is 9.92 Å². The summed E-state index contributed by atoms with van der Waals surface area (Å²) in [5.41, 5.74) is 2.83. The zero-order valence-corrected chi connectivity index (χ0v) is 17.7. The molecule has 1 fully saturated rings. The molecule has 1 saturated heterocycles. The Balaban J connectivity index is 1.83. The average Bonchev–Trinajstić information content (AvgIpc) is 3.15. The van der Waals surface area contributed by atoms with Gasteiger partial charge in [0, 0.05) is 31.7 Å². The highest BCUT2D eigenvalue weighted by molar-refractivity contribution is 7.91. The molecule has 0 spiro atoms. The fourth-order valence-corrected chi connectivity index (χ4v) is 4.73. The second kappa shape index (κ2) is 7.65. The van der Waals surface area contributed by atoms with Crippen LogP contribution in [0.2, 0.25) is 0 Å². The molecule has 3 aromatic rings. The van der Waals surface area contributed by atoms with E-state index in [0.29, 0.717) is 24.9 Å². The molecule has 0 N–H and O–H groups in total. The van der Waals surface area contributed by atoms with Crippen LogP contribution in [0.15, 0.2) is 62.9 Å². The van der Waals surface area contributed by atoms with Crippen LogP contribution in [0.3, 0.4) is 0 Å². The van der Waals surface area contributed by atoms with E-state index in [0.717, 1.165) is 29.8 Å². The number of hydrogen-bond acceptors (Lipinski definition) is 6. The number of rotatable bonds is 4. The van der Waals surface area contributed by atoms with Gasteiger partial charge in [0.25, 0.3) is 0 Å². The van der Waals surface area contributed by atoms with Gasteiger partial charge in [0.05, 0.1) is 4.90 Å². The molecule has 6 nitrogen and oxygen atoms in total. The Morgan fingerprint density at radius 1 is 0.931 bits per heavy atom. The van der Waals surface area contributed by atoms with E-state index in [1.54, 1.807) is 24.3 Å². The summed E-state index contributed by atoms with van der Waals surface area (Å²) >= 11 is 0. The molecule has 0 atom stereocenters. The smallest absolute Gasteiger partial charge is 0.236 e. The second-order valence-electron chi connectivity index (χ2n) is 7.61. The molecular weight excluding hydrogens is 386 g/mol. The molecular formula is C22H25N3O3S. The highest BCUT2D eigenvalue weighted by Gasteiger charge is 2.32. The number of nitrogens with zero attached hydrogens (tertiary/aromatic N) is 3. The quantitative estimate of drug-likeness (QED) is 0.654. The van der Waals surface area contributed by atoms with Gasteiger partial charge in [-0.1, -0.05) is 35.4 Å². The summed E-state index contributed by atoms with van der Waals surface area (Å²) in [6.45, 7) is 6.97. The Morgan fingerprint density at radius 3 is 2.28 bits per heavy atom. The van der Waals surface area contributed by atoms with Crippen LogP contribution in [0, 0.1) is 13.8 Å². The van der Waals surface area contributed by atoms with Crippen molar-refractivity contribution in [3.05, 3.63) is 59.7 Å². The Bertz CT molecular complexity index is 1110. The van der Waals surface area contributed by atoms with Gasteiger partial charge in [0.1, 0.15) is 0 Å². The number of anilines is 1. The lowest BCUT2D eigenvalue weighted by atomic mass is 10.1. The van der Waals surface area contributed by atoms with E-state index in [2.05, 4.69) is 16.9 Å². The lowest BCUT2D eigenvalue weighted by molar-refractivity contribution is 0.305. The molecule has 4 rings (SSSR count). The molecule has 29 heavy (non-hydrogen) atoms. The molecule has 0 unspecified atom stereocenters. The maximum Gasteiger partial charge on any atom is 0.236 e. The Morgan fingerprint density at radius 2 is 1.62 bits per heavy atom. The lowest BCUT2D eigenvalue weighted by Crippen LogP contribution is -2.44. The van der Waals surface area contributed by atoms with Gasteiger partial charge in [0.2, 0.25) is 26.6 Å². The molecule has 0 saturated carbocycles. The van der Waals surface area contributed by atoms with Crippen molar-refractivity contribution in [3.8, 4) is 11.5 Å². The fourth-order valence-electron chi connectivity index (χ4n) is 3.41. The summed E-state index contributed by atoms with van der Waals surface area (Å²) in [6, 6.07) is 14.6. The third-order valence-electron chi connectivity index (χ3n) is 5.22. The molecule has 1 aliphatic rings. The van der Waals surface area contributed by atoms with Crippen LogP contribution in [0.5, 0.6) is 0 Å². The zero-order valence-electron chi connectivity index (χ0n) is 16.9. The molecule has 2 heterocycles. The fraction of sp³-hybridized carbons (Fsp3) is 0.318. The van der Waals surface area contributed by atoms with Crippen LogP contribution in [-0.2, 0) is 9.84 Å². The second-order valence-corrected chi connectivity index (χ2v) is 9.47. The predicted octanol–water partition coefficient (Wildman–Crippen LogP) is 3.54. The molecule has 0 amide bonds. The summed E-state index contributed by atoms with van der Waals surface area (Å²) in [5, 5.41) is -0.0117. The van der Waals surface area contributed by atoms with Gasteiger partial charge in [-0.05, 0) is 45.2 Å². The maximum absolute atomic E-state index is 13.4. The third kappa shape index (κ3) is 3.93. The van der Waals surface area contributed by atoms with Gasteiger partial charge in [-0.15, -0.1) is 0 Å². The number of benzene rings is 2. The molecule has 1 aromatic heterocycles. The van der Waals surface area contributed by atoms with E-state index in [1.807, 2.05) is 43.0 Å². The van der Waals surface area contributed by atoms with Crippen LogP contribution in [0.4, 0.5) is 5.88 Å². The Kier molecular flexibility index (Phi) is 5.19. The van der Waals surface area contributed by atoms with Crippen LogP contribution < -0.4 is 4.90 Å². The van der Waals surface area contributed by atoms with Gasteiger partial charge in [-0.3, -0.25) is 0 Å². The van der Waals surface area contributed by atoms with Crippen LogP contribution in [0.1, 0.15) is 11.1 Å². The zero-order chi connectivity index (χ0) is 20.6. The van der Waals surface area contributed by atoms with Gasteiger partial charge >= 0.3 is 0 Å². The molecule has 0 aliphatic carbocycles. The summed E-state index contributed by atoms with van der Waals surface area (Å²) in [7, 11) is -1.75. The first-order valence-electron chi connectivity index (χ1n) is 9.68. The van der Waals surface area contributed by atoms with E-state index in [9.17, 15) is 8.42 Å². The van der Waals surface area contributed by atoms with Crippen LogP contribution in [0.25, 0.3) is 11.5 Å². The van der Waals surface area contributed by atoms with Crippen molar-refractivity contribution in [2.45, 2.75) is 23.8 Å². The SMILES string of the molecule is Cc1ccc(S(=O)(=O)c2nc(-c3cccc(C)c3)oc2N2CCN(C)CC2)cc1. The molecule has 152 valence electrons. The monoisotopic (exact) mass is 411 g/mol. The highest BCUT2D eigenvalue weighted by atomic mass is 32.2. The topological polar surface area (TPSA) is 66.7 Å². The summed E-state index contributed by atoms with van der Waals surface area (Å²) < 4.78 is 32.9. The number of oxazole rings is 1. The Hall–Kier alpha value is -2.64. The normalized spacial score (nSPS) is 15.6. The van der Waals surface area contributed by atoms with Gasteiger partial charge in [-0.25, -0.2) is 8.42 Å². The first kappa shape index (κ1) is 19.7. The largest absolute Gasteiger partial charge is 0.419 e. The minimum Gasteiger partial charge on any atom is -0.419 e. The van der Waals surface area contributed by atoms with Crippen molar-refractivity contribution in [1.29, 1.82) is 0 Å². The van der Waals surface area contributed by atoms with E-state index in [1.165, 1.54) is 0 Å². The van der Waals surface area contributed by atoms with Crippen molar-refractivity contribution in [2.24, 2.45) is 0 Å². The highest BCUT2D eigenvalue weighted by Crippen LogP contribution is 2.35. The van der Waals surface area contributed by atoms with Gasteiger partial charge < -0.3 is 14.2 Å². The third-order valence-corrected chi connectivity index (χ3v) is 6.89. The number of likely N-dealkylation sites (N-methyl/N-ethyl adjacent to an activating group) is 1. The van der Waals surface area contributed by atoms with Gasteiger partial charge in [-0.2, -0.15) is 4.98 Å². The molecule has 2 aromatic carbocycles. The number of hydrogen-bond donors (Lipinski definition) is 0. The minimum atomic E-state index is -3.81. The average molecular weight is 412 g/mol. The van der Waals surface area contributed by atoms with Crippen molar-refractivity contribution >= 4 is 15.7 Å². The standard InChI is InChI=1S/C22H25N3O3S/c1-16-7-9-19(10-8-16)29(26,27)21-22(25-13-11-24(3)12-14-25)28-20(23-21)18-6-4-5-17(2)15-18/h4-10,15H,11-14H2,1-3H3. The number of sulfone groups is 1. The lowest BCUT2D eigenvalue weighted by Gasteiger charge is -2.32. The number of piperazine rings is 1. The minimum absolute atomic E-state index is 0.0117. The predicted molar refractivity (Wildman–Crippen MR) is 113 cm³/mol. The van der Waals surface area contributed by atoms with Crippen LogP contribution in [-0.4, -0.2) is 51.5 Å². The van der Waals surface area contributed by atoms with Crippen molar-refractivity contribution < 1.29 is 12.8 Å². The van der Waals surface area contributed by atoms with Crippen molar-refractivity contribution in [3.63, 3.8) is 0 Å². The van der Waals surface area contributed by atoms with Crippen molar-refractivity contribution in [1.82, 2.24) is 9.88 Å². The van der Waals surface area contributed by atoms with Gasteiger partial charge in [0.15, 0.2) is 0 Å². The molecule has 7 heteroatoms. The van der Waals surface area contributed by atoms with Crippen molar-refractivity contribution in [2.75, 3.05) is 38.1 Å². The molecule has 1 aliphatic heterocycles. The number of aryl methyl sites for hydroxylation is 2. The summed E-state index contributed by atoms with van der Waals surface area (Å²) in [5.74, 6) is 0.656. The molecule has 0 bridgehead atoms. The first-order valence-corrected chi connectivity index (χ1v) is 11.2. The Labute approximate surface area is 171 Å². The summed E-state index contributed by atoms with van der Waals surface area (Å²) in [6.07, 6.45) is 0. The number of aromatic nitrogens is 1. The molecule has 0 radical (unpaired) electrons. The van der Waals surface area contributed by atoms with Crippen LogP contribution >= 0.6 is 0 Å². The van der Waals surface area contributed by atoms with E-state index >= 15 is 0 Å².